The van der Waals surface area contributed by atoms with Gasteiger partial charge in [0.1, 0.15) is 11.6 Å². The highest BCUT2D eigenvalue weighted by Crippen LogP contribution is 2.20. The van der Waals surface area contributed by atoms with E-state index in [1.165, 1.54) is 47.1 Å². The van der Waals surface area contributed by atoms with Crippen molar-refractivity contribution in [2.24, 2.45) is 0 Å². The lowest BCUT2D eigenvalue weighted by molar-refractivity contribution is -0.116. The molecule has 2 aromatic heterocycles. The molecule has 0 aliphatic carbocycles. The van der Waals surface area contributed by atoms with Crippen molar-refractivity contribution in [3.63, 3.8) is 0 Å². The van der Waals surface area contributed by atoms with E-state index < -0.39 is 11.7 Å². The Morgan fingerprint density at radius 2 is 1.97 bits per heavy atom. The van der Waals surface area contributed by atoms with Gasteiger partial charge in [0.15, 0.2) is 5.82 Å². The number of amides is 1. The first-order valence-corrected chi connectivity index (χ1v) is 8.93. The maximum Gasteiger partial charge on any atom is 0.227 e. The standard InChI is InChI=1S/C19H15F2N7O2/c1-11-24-26-27-28(11)14-6-7-15(21)16(10-14)22-17(29)8-9-18-23-19(25-30-18)12-2-4-13(20)5-3-12/h2-7,10H,8-9H2,1H3,(H,22,29). The first kappa shape index (κ1) is 19.3. The number of hydrogen-bond acceptors (Lipinski definition) is 7. The van der Waals surface area contributed by atoms with Gasteiger partial charge in [-0.1, -0.05) is 5.16 Å². The lowest BCUT2D eigenvalue weighted by Crippen LogP contribution is -2.14. The lowest BCUT2D eigenvalue weighted by atomic mass is 10.2. The van der Waals surface area contributed by atoms with Crippen molar-refractivity contribution in [3.05, 3.63) is 65.8 Å². The Balaban J connectivity index is 1.40. The van der Waals surface area contributed by atoms with Crippen LogP contribution < -0.4 is 5.32 Å². The van der Waals surface area contributed by atoms with Crippen molar-refractivity contribution in [2.45, 2.75) is 19.8 Å². The molecule has 30 heavy (non-hydrogen) atoms. The summed E-state index contributed by atoms with van der Waals surface area (Å²) in [4.78, 5) is 16.4. The van der Waals surface area contributed by atoms with Gasteiger partial charge in [-0.25, -0.2) is 8.78 Å². The van der Waals surface area contributed by atoms with Crippen LogP contribution in [0.3, 0.4) is 0 Å². The normalized spacial score (nSPS) is 10.9. The van der Waals surface area contributed by atoms with Gasteiger partial charge in [-0.15, -0.1) is 5.10 Å². The molecular weight excluding hydrogens is 396 g/mol. The van der Waals surface area contributed by atoms with Gasteiger partial charge in [0.05, 0.1) is 11.4 Å². The van der Waals surface area contributed by atoms with E-state index in [0.29, 0.717) is 22.9 Å². The highest BCUT2D eigenvalue weighted by atomic mass is 19.1. The number of nitrogens with one attached hydrogen (secondary N) is 1. The molecule has 9 nitrogen and oxygen atoms in total. The fourth-order valence-corrected chi connectivity index (χ4v) is 2.72. The number of anilines is 1. The zero-order valence-electron chi connectivity index (χ0n) is 15.7. The van der Waals surface area contributed by atoms with Gasteiger partial charge in [-0.3, -0.25) is 4.79 Å². The molecule has 0 spiro atoms. The van der Waals surface area contributed by atoms with Crippen molar-refractivity contribution in [2.75, 3.05) is 5.32 Å². The van der Waals surface area contributed by atoms with Crippen molar-refractivity contribution >= 4 is 11.6 Å². The molecule has 0 fully saturated rings. The summed E-state index contributed by atoms with van der Waals surface area (Å²) >= 11 is 0. The molecule has 0 radical (unpaired) electrons. The average molecular weight is 411 g/mol. The number of aryl methyl sites for hydroxylation is 2. The number of carbonyl (C=O) groups excluding carboxylic acids is 1. The van der Waals surface area contributed by atoms with E-state index in [4.69, 9.17) is 4.52 Å². The number of halogens is 2. The smallest absolute Gasteiger partial charge is 0.227 e. The zero-order chi connectivity index (χ0) is 21.1. The molecule has 0 atom stereocenters. The van der Waals surface area contributed by atoms with Crippen molar-refractivity contribution in [1.82, 2.24) is 30.3 Å². The summed E-state index contributed by atoms with van der Waals surface area (Å²) in [5, 5.41) is 17.5. The van der Waals surface area contributed by atoms with Gasteiger partial charge in [0, 0.05) is 18.4 Å². The van der Waals surface area contributed by atoms with Crippen LogP contribution in [0.2, 0.25) is 0 Å². The second-order valence-electron chi connectivity index (χ2n) is 6.37. The number of carbonyl (C=O) groups is 1. The first-order chi connectivity index (χ1) is 14.5. The molecule has 4 aromatic rings. The summed E-state index contributed by atoms with van der Waals surface area (Å²) in [6.07, 6.45) is 0.159. The van der Waals surface area contributed by atoms with Gasteiger partial charge in [-0.05, 0) is 59.8 Å². The second kappa shape index (κ2) is 8.15. The fourth-order valence-electron chi connectivity index (χ4n) is 2.72. The molecule has 152 valence electrons. The summed E-state index contributed by atoms with van der Waals surface area (Å²) in [6, 6.07) is 9.80. The number of tetrazole rings is 1. The maximum absolute atomic E-state index is 14.1. The molecule has 1 N–H and O–H groups in total. The largest absolute Gasteiger partial charge is 0.339 e. The Kier molecular flexibility index (Phi) is 5.24. The van der Waals surface area contributed by atoms with Crippen LogP contribution in [0.5, 0.6) is 0 Å². The van der Waals surface area contributed by atoms with Crippen LogP contribution in [-0.4, -0.2) is 36.3 Å². The molecule has 2 aromatic carbocycles. The minimum absolute atomic E-state index is 0.00136. The topological polar surface area (TPSA) is 112 Å². The summed E-state index contributed by atoms with van der Waals surface area (Å²) in [6.45, 7) is 1.70. The summed E-state index contributed by atoms with van der Waals surface area (Å²) in [5.74, 6) is -0.336. The van der Waals surface area contributed by atoms with Crippen LogP contribution in [0.4, 0.5) is 14.5 Å². The van der Waals surface area contributed by atoms with Crippen LogP contribution in [0.1, 0.15) is 18.1 Å². The van der Waals surface area contributed by atoms with Gasteiger partial charge >= 0.3 is 0 Å². The van der Waals surface area contributed by atoms with Gasteiger partial charge in [-0.2, -0.15) is 9.67 Å². The predicted molar refractivity (Wildman–Crippen MR) is 100 cm³/mol. The van der Waals surface area contributed by atoms with E-state index in [2.05, 4.69) is 31.0 Å². The molecule has 0 bridgehead atoms. The Labute approximate surface area is 168 Å². The summed E-state index contributed by atoms with van der Waals surface area (Å²) in [7, 11) is 0. The molecule has 0 aliphatic rings. The van der Waals surface area contributed by atoms with Crippen molar-refractivity contribution in [3.8, 4) is 17.1 Å². The minimum atomic E-state index is -0.589. The molecule has 2 heterocycles. The predicted octanol–water partition coefficient (Wildman–Crippen LogP) is 2.87. The number of hydrogen-bond donors (Lipinski definition) is 1. The third kappa shape index (κ3) is 4.19. The van der Waals surface area contributed by atoms with Crippen molar-refractivity contribution in [1.29, 1.82) is 0 Å². The number of aromatic nitrogens is 6. The van der Waals surface area contributed by atoms with Gasteiger partial charge in [0.25, 0.3) is 0 Å². The average Bonchev–Trinajstić information content (AvgIpc) is 3.38. The molecule has 0 aliphatic heterocycles. The van der Waals surface area contributed by atoms with Crippen LogP contribution in [0.25, 0.3) is 17.1 Å². The molecule has 0 saturated carbocycles. The van der Waals surface area contributed by atoms with Gasteiger partial charge < -0.3 is 9.84 Å². The summed E-state index contributed by atoms with van der Waals surface area (Å²) < 4.78 is 33.7. The van der Waals surface area contributed by atoms with E-state index >= 15 is 0 Å². The number of benzene rings is 2. The summed E-state index contributed by atoms with van der Waals surface area (Å²) in [5.41, 5.74) is 1.10. The molecule has 4 rings (SSSR count). The first-order valence-electron chi connectivity index (χ1n) is 8.93. The van der Waals surface area contributed by atoms with E-state index in [1.807, 2.05) is 0 Å². The Hall–Kier alpha value is -4.02. The molecule has 0 unspecified atom stereocenters. The highest BCUT2D eigenvalue weighted by molar-refractivity contribution is 5.91. The lowest BCUT2D eigenvalue weighted by Gasteiger charge is -2.08. The van der Waals surface area contributed by atoms with Crippen LogP contribution in [0.15, 0.2) is 47.0 Å². The number of nitrogens with zero attached hydrogens (tertiary/aromatic N) is 6. The maximum atomic E-state index is 14.1. The van der Waals surface area contributed by atoms with Gasteiger partial charge in [0.2, 0.25) is 17.6 Å². The van der Waals surface area contributed by atoms with E-state index in [9.17, 15) is 13.6 Å². The van der Waals surface area contributed by atoms with E-state index in [-0.39, 0.29) is 30.2 Å². The van der Waals surface area contributed by atoms with E-state index in [0.717, 1.165) is 0 Å². The third-order valence-electron chi connectivity index (χ3n) is 4.23. The van der Waals surface area contributed by atoms with Crippen LogP contribution in [0, 0.1) is 18.6 Å². The minimum Gasteiger partial charge on any atom is -0.339 e. The quantitative estimate of drug-likeness (QED) is 0.519. The van der Waals surface area contributed by atoms with Crippen molar-refractivity contribution < 1.29 is 18.1 Å². The molecule has 1 amide bonds. The Morgan fingerprint density at radius 1 is 1.17 bits per heavy atom. The van der Waals surface area contributed by atoms with Crippen LogP contribution in [-0.2, 0) is 11.2 Å². The Morgan fingerprint density at radius 3 is 2.70 bits per heavy atom. The zero-order valence-corrected chi connectivity index (χ0v) is 15.7. The monoisotopic (exact) mass is 411 g/mol. The molecular formula is C19H15F2N7O2. The Bertz CT molecular complexity index is 1190. The molecule has 0 saturated heterocycles. The number of rotatable bonds is 6. The molecule has 11 heteroatoms. The third-order valence-corrected chi connectivity index (χ3v) is 4.23. The second-order valence-corrected chi connectivity index (χ2v) is 6.37. The SMILES string of the molecule is Cc1nnnn1-c1ccc(F)c(NC(=O)CCc2nc(-c3ccc(F)cc3)no2)c1. The highest BCUT2D eigenvalue weighted by Gasteiger charge is 2.14. The fraction of sp³-hybridized carbons (Fsp3) is 0.158. The van der Waals surface area contributed by atoms with E-state index in [1.54, 1.807) is 6.92 Å². The van der Waals surface area contributed by atoms with Crippen LogP contribution >= 0.6 is 0 Å².